The van der Waals surface area contributed by atoms with E-state index in [9.17, 15) is 9.18 Å². The number of carbonyl (C=O) groups excluding carboxylic acids is 1. The number of benzene rings is 2. The fourth-order valence-electron chi connectivity index (χ4n) is 1.86. The van der Waals surface area contributed by atoms with E-state index in [1.807, 2.05) is 6.07 Å². The van der Waals surface area contributed by atoms with E-state index in [0.717, 1.165) is 5.56 Å². The molecule has 2 rings (SSSR count). The molecule has 0 aromatic heterocycles. The van der Waals surface area contributed by atoms with Gasteiger partial charge in [-0.15, -0.1) is 0 Å². The van der Waals surface area contributed by atoms with E-state index in [-0.39, 0.29) is 19.0 Å². The van der Waals surface area contributed by atoms with Gasteiger partial charge in [-0.1, -0.05) is 12.1 Å². The number of rotatable bonds is 7. The molecule has 0 saturated heterocycles. The largest absolute Gasteiger partial charge is 0.481 e. The summed E-state index contributed by atoms with van der Waals surface area (Å²) < 4.78 is 23.6. The lowest BCUT2D eigenvalue weighted by molar-refractivity contribution is -0.123. The molecule has 2 aromatic carbocycles. The summed E-state index contributed by atoms with van der Waals surface area (Å²) in [7, 11) is 0. The third-order valence-electron chi connectivity index (χ3n) is 3.12. The Morgan fingerprint density at radius 1 is 1.20 bits per heavy atom. The summed E-state index contributed by atoms with van der Waals surface area (Å²) in [6.07, 6.45) is 0. The third-order valence-corrected chi connectivity index (χ3v) is 3.12. The number of para-hydroxylation sites is 1. The Bertz CT molecular complexity index is 798. The van der Waals surface area contributed by atoms with Crippen LogP contribution in [0.2, 0.25) is 0 Å². The van der Waals surface area contributed by atoms with E-state index in [1.54, 1.807) is 37.3 Å². The number of nitrogens with one attached hydrogen (secondary N) is 1. The van der Waals surface area contributed by atoms with Crippen LogP contribution in [0, 0.1) is 17.1 Å². The highest BCUT2D eigenvalue weighted by Crippen LogP contribution is 2.15. The van der Waals surface area contributed by atoms with Gasteiger partial charge in [0.05, 0.1) is 5.71 Å². The molecule has 0 fully saturated rings. The van der Waals surface area contributed by atoms with Gasteiger partial charge in [-0.25, -0.2) is 9.82 Å². The molecule has 6 nitrogen and oxygen atoms in total. The van der Waals surface area contributed by atoms with Crippen molar-refractivity contribution in [3.8, 4) is 17.6 Å². The Morgan fingerprint density at radius 3 is 2.60 bits per heavy atom. The predicted molar refractivity (Wildman–Crippen MR) is 89.8 cm³/mol. The van der Waals surface area contributed by atoms with Crippen molar-refractivity contribution in [2.75, 3.05) is 13.2 Å². The lowest BCUT2D eigenvalue weighted by Crippen LogP contribution is -2.25. The Labute approximate surface area is 144 Å². The van der Waals surface area contributed by atoms with Crippen molar-refractivity contribution >= 4 is 11.6 Å². The van der Waals surface area contributed by atoms with Gasteiger partial charge in [0, 0.05) is 0 Å². The Kier molecular flexibility index (Phi) is 6.48. The van der Waals surface area contributed by atoms with Crippen LogP contribution in [0.25, 0.3) is 0 Å². The number of hydrogen-bond donors (Lipinski definition) is 1. The van der Waals surface area contributed by atoms with Crippen molar-refractivity contribution in [1.29, 1.82) is 5.26 Å². The average molecular weight is 341 g/mol. The van der Waals surface area contributed by atoms with Crippen molar-refractivity contribution in [3.05, 3.63) is 59.9 Å². The van der Waals surface area contributed by atoms with Crippen LogP contribution in [-0.4, -0.2) is 24.8 Å². The highest BCUT2D eigenvalue weighted by atomic mass is 19.1. The number of ether oxygens (including phenoxy) is 2. The van der Waals surface area contributed by atoms with E-state index in [1.165, 1.54) is 18.2 Å². The minimum absolute atomic E-state index is 0.00584. The van der Waals surface area contributed by atoms with Crippen LogP contribution < -0.4 is 14.9 Å². The summed E-state index contributed by atoms with van der Waals surface area (Å²) >= 11 is 0. The first-order valence-corrected chi connectivity index (χ1v) is 7.41. The van der Waals surface area contributed by atoms with Crippen LogP contribution in [0.15, 0.2) is 53.6 Å². The Hall–Kier alpha value is -3.40. The molecule has 0 unspecified atom stereocenters. The molecule has 1 N–H and O–H groups in total. The quantitative estimate of drug-likeness (QED) is 0.620. The number of carbonyl (C=O) groups is 1. The first-order chi connectivity index (χ1) is 12.1. The summed E-state index contributed by atoms with van der Waals surface area (Å²) in [4.78, 5) is 11.7. The van der Waals surface area contributed by atoms with Crippen molar-refractivity contribution in [1.82, 2.24) is 5.43 Å². The highest BCUT2D eigenvalue weighted by Gasteiger charge is 2.06. The van der Waals surface area contributed by atoms with E-state index >= 15 is 0 Å². The predicted octanol–water partition coefficient (Wildman–Crippen LogP) is 2.65. The molecule has 0 atom stereocenters. The minimum Gasteiger partial charge on any atom is -0.481 e. The van der Waals surface area contributed by atoms with Crippen LogP contribution in [0.5, 0.6) is 11.5 Å². The maximum Gasteiger partial charge on any atom is 0.277 e. The molecule has 0 heterocycles. The molecule has 0 spiro atoms. The summed E-state index contributed by atoms with van der Waals surface area (Å²) in [6, 6.07) is 14.6. The molecule has 25 heavy (non-hydrogen) atoms. The second kappa shape index (κ2) is 9.03. The molecule has 0 radical (unpaired) electrons. The second-order valence-electron chi connectivity index (χ2n) is 4.92. The van der Waals surface area contributed by atoms with Gasteiger partial charge in [-0.3, -0.25) is 4.79 Å². The number of hydrogen-bond acceptors (Lipinski definition) is 5. The lowest BCUT2D eigenvalue weighted by Gasteiger charge is -2.07. The summed E-state index contributed by atoms with van der Waals surface area (Å²) in [6.45, 7) is 1.35. The van der Waals surface area contributed by atoms with E-state index in [0.29, 0.717) is 11.5 Å². The standard InChI is InChI=1S/C18H16FN3O3/c1-13(14-6-8-15(9-7-14)24-11-10-20)21-22-18(23)12-25-17-5-3-2-4-16(17)19/h2-9H,11-12H2,1H3,(H,22,23)/b21-13-. The molecule has 2 aromatic rings. The molecule has 0 aliphatic carbocycles. The minimum atomic E-state index is -0.534. The van der Waals surface area contributed by atoms with Crippen molar-refractivity contribution in [2.24, 2.45) is 5.10 Å². The van der Waals surface area contributed by atoms with Crippen molar-refractivity contribution in [2.45, 2.75) is 6.92 Å². The molecule has 0 saturated carbocycles. The normalized spacial score (nSPS) is 10.7. The Balaban J connectivity index is 1.86. The van der Waals surface area contributed by atoms with Gasteiger partial charge < -0.3 is 9.47 Å². The number of nitrogens with zero attached hydrogens (tertiary/aromatic N) is 2. The number of hydrazone groups is 1. The number of nitriles is 1. The molecule has 7 heteroatoms. The van der Waals surface area contributed by atoms with Crippen molar-refractivity contribution < 1.29 is 18.7 Å². The van der Waals surface area contributed by atoms with Gasteiger partial charge in [-0.05, 0) is 48.9 Å². The summed E-state index contributed by atoms with van der Waals surface area (Å²) in [5.74, 6) is -0.461. The zero-order valence-electron chi connectivity index (χ0n) is 13.5. The number of amides is 1. The molecule has 0 aliphatic rings. The SMILES string of the molecule is C/C(=N/NC(=O)COc1ccccc1F)c1ccc(OCC#N)cc1. The van der Waals surface area contributed by atoms with Gasteiger partial charge in [0.2, 0.25) is 0 Å². The van der Waals surface area contributed by atoms with Crippen molar-refractivity contribution in [3.63, 3.8) is 0 Å². The van der Waals surface area contributed by atoms with Crippen LogP contribution in [0.1, 0.15) is 12.5 Å². The van der Waals surface area contributed by atoms with E-state index in [4.69, 9.17) is 14.7 Å². The van der Waals surface area contributed by atoms with E-state index in [2.05, 4.69) is 10.5 Å². The molecular weight excluding hydrogens is 325 g/mol. The maximum absolute atomic E-state index is 13.4. The zero-order chi connectivity index (χ0) is 18.1. The van der Waals surface area contributed by atoms with Crippen LogP contribution >= 0.6 is 0 Å². The molecule has 128 valence electrons. The highest BCUT2D eigenvalue weighted by molar-refractivity contribution is 5.99. The van der Waals surface area contributed by atoms with Gasteiger partial charge in [0.15, 0.2) is 24.8 Å². The topological polar surface area (TPSA) is 83.7 Å². The second-order valence-corrected chi connectivity index (χ2v) is 4.92. The maximum atomic E-state index is 13.4. The van der Waals surface area contributed by atoms with Gasteiger partial charge in [-0.2, -0.15) is 10.4 Å². The summed E-state index contributed by atoms with van der Waals surface area (Å²) in [5.41, 5.74) is 3.70. The average Bonchev–Trinajstić information content (AvgIpc) is 2.64. The molecule has 1 amide bonds. The summed E-state index contributed by atoms with van der Waals surface area (Å²) in [5, 5.41) is 12.4. The molecular formula is C18H16FN3O3. The van der Waals surface area contributed by atoms with Crippen LogP contribution in [0.4, 0.5) is 4.39 Å². The zero-order valence-corrected chi connectivity index (χ0v) is 13.5. The van der Waals surface area contributed by atoms with Gasteiger partial charge >= 0.3 is 0 Å². The third kappa shape index (κ3) is 5.62. The lowest BCUT2D eigenvalue weighted by atomic mass is 10.1. The fourth-order valence-corrected chi connectivity index (χ4v) is 1.86. The van der Waals surface area contributed by atoms with E-state index < -0.39 is 11.7 Å². The van der Waals surface area contributed by atoms with Crippen LogP contribution in [-0.2, 0) is 4.79 Å². The Morgan fingerprint density at radius 2 is 1.92 bits per heavy atom. The first kappa shape index (κ1) is 17.9. The smallest absolute Gasteiger partial charge is 0.277 e. The van der Waals surface area contributed by atoms with Gasteiger partial charge in [0.25, 0.3) is 5.91 Å². The number of halogens is 1. The first-order valence-electron chi connectivity index (χ1n) is 7.41. The van der Waals surface area contributed by atoms with Crippen LogP contribution in [0.3, 0.4) is 0 Å². The fraction of sp³-hybridized carbons (Fsp3) is 0.167. The monoisotopic (exact) mass is 341 g/mol. The van der Waals surface area contributed by atoms with Gasteiger partial charge in [0.1, 0.15) is 11.8 Å². The molecule has 0 aliphatic heterocycles. The molecule has 0 bridgehead atoms.